The molecule has 10 rings (SSSR count). The number of halogens is 2. The summed E-state index contributed by atoms with van der Waals surface area (Å²) in [7, 11) is 0. The van der Waals surface area contributed by atoms with Crippen LogP contribution in [0.1, 0.15) is 11.6 Å². The second kappa shape index (κ2) is 12.8. The monoisotopic (exact) mass is 720 g/mol. The topological polar surface area (TPSA) is 35.6 Å². The van der Waals surface area contributed by atoms with Gasteiger partial charge in [-0.3, -0.25) is 0 Å². The lowest BCUT2D eigenvalue weighted by molar-refractivity contribution is 0.973. The number of allylic oxidation sites excluding steroid dienone is 6. The van der Waals surface area contributed by atoms with Crippen LogP contribution in [0.5, 0.6) is 0 Å². The number of aromatic nitrogens is 4. The van der Waals surface area contributed by atoms with Gasteiger partial charge in [0.15, 0.2) is 5.82 Å². The summed E-state index contributed by atoms with van der Waals surface area (Å²) in [4.78, 5) is 10.1. The molecule has 0 bridgehead atoms. The summed E-state index contributed by atoms with van der Waals surface area (Å²) in [6.45, 7) is 0. The third kappa shape index (κ3) is 5.38. The highest BCUT2D eigenvalue weighted by atomic mass is 35.5. The van der Waals surface area contributed by atoms with Crippen molar-refractivity contribution in [2.24, 2.45) is 0 Å². The predicted molar refractivity (Wildman–Crippen MR) is 222 cm³/mol. The first kappa shape index (κ1) is 31.5. The van der Waals surface area contributed by atoms with Gasteiger partial charge in [-0.05, 0) is 78.9 Å². The average molecular weight is 722 g/mol. The maximum Gasteiger partial charge on any atom is 0.160 e. The third-order valence-corrected chi connectivity index (χ3v) is 10.6. The summed E-state index contributed by atoms with van der Waals surface area (Å²) >= 11 is 12.5. The second-order valence-corrected chi connectivity index (χ2v) is 14.1. The van der Waals surface area contributed by atoms with Crippen LogP contribution in [0.15, 0.2) is 176 Å². The molecule has 6 heteroatoms. The van der Waals surface area contributed by atoms with Crippen LogP contribution < -0.4 is 0 Å². The van der Waals surface area contributed by atoms with Crippen molar-refractivity contribution in [2.75, 3.05) is 0 Å². The molecule has 6 aromatic carbocycles. The smallest absolute Gasteiger partial charge is 0.160 e. The minimum absolute atomic E-state index is 0.104. The number of hydrogen-bond acceptors (Lipinski definition) is 2. The minimum atomic E-state index is -0.104. The van der Waals surface area contributed by atoms with Gasteiger partial charge in [-0.25, -0.2) is 9.97 Å². The SMILES string of the molecule is Clc1ccc(-c2cc(C3C=CC=C(n4c5ccccc5c5ccc6c7ccccc7n(-c7ccccc7)c6c54)C=C3)nc(-c3ccc(Cl)cc3)n2)cc1. The molecule has 0 saturated heterocycles. The van der Waals surface area contributed by atoms with E-state index in [-0.39, 0.29) is 5.92 Å². The normalized spacial score (nSPS) is 14.4. The summed E-state index contributed by atoms with van der Waals surface area (Å²) < 4.78 is 4.84. The quantitative estimate of drug-likeness (QED) is 0.177. The lowest BCUT2D eigenvalue weighted by Crippen LogP contribution is -2.02. The van der Waals surface area contributed by atoms with Gasteiger partial charge in [-0.15, -0.1) is 0 Å². The molecule has 1 atom stereocenters. The first-order valence-electron chi connectivity index (χ1n) is 17.6. The van der Waals surface area contributed by atoms with E-state index in [1.807, 2.05) is 48.5 Å². The van der Waals surface area contributed by atoms with E-state index in [2.05, 4.69) is 137 Å². The van der Waals surface area contributed by atoms with Gasteiger partial charge in [0, 0.05) is 60.0 Å². The molecule has 3 aromatic heterocycles. The first-order valence-corrected chi connectivity index (χ1v) is 18.3. The van der Waals surface area contributed by atoms with Gasteiger partial charge in [0.05, 0.1) is 33.5 Å². The van der Waals surface area contributed by atoms with Crippen LogP contribution in [0.25, 0.3) is 77.6 Å². The van der Waals surface area contributed by atoms with Gasteiger partial charge in [-0.2, -0.15) is 0 Å². The zero-order valence-corrected chi connectivity index (χ0v) is 29.9. The number of hydrogen-bond donors (Lipinski definition) is 0. The average Bonchev–Trinajstić information content (AvgIpc) is 3.60. The van der Waals surface area contributed by atoms with Gasteiger partial charge < -0.3 is 9.13 Å². The zero-order chi connectivity index (χ0) is 35.5. The number of nitrogens with zero attached hydrogens (tertiary/aromatic N) is 4. The molecule has 53 heavy (non-hydrogen) atoms. The van der Waals surface area contributed by atoms with Crippen molar-refractivity contribution < 1.29 is 0 Å². The molecule has 1 aliphatic carbocycles. The van der Waals surface area contributed by atoms with Gasteiger partial charge in [0.2, 0.25) is 0 Å². The molecule has 252 valence electrons. The molecule has 0 amide bonds. The van der Waals surface area contributed by atoms with Gasteiger partial charge >= 0.3 is 0 Å². The molecular formula is C47H30Cl2N4. The van der Waals surface area contributed by atoms with E-state index in [9.17, 15) is 0 Å². The first-order chi connectivity index (χ1) is 26.1. The van der Waals surface area contributed by atoms with Crippen molar-refractivity contribution in [2.45, 2.75) is 5.92 Å². The van der Waals surface area contributed by atoms with E-state index in [1.165, 1.54) is 38.1 Å². The van der Waals surface area contributed by atoms with Crippen molar-refractivity contribution in [3.8, 4) is 28.3 Å². The van der Waals surface area contributed by atoms with Crippen molar-refractivity contribution in [1.29, 1.82) is 0 Å². The molecule has 0 radical (unpaired) electrons. The van der Waals surface area contributed by atoms with E-state index >= 15 is 0 Å². The van der Waals surface area contributed by atoms with Crippen molar-refractivity contribution >= 4 is 72.5 Å². The van der Waals surface area contributed by atoms with Crippen molar-refractivity contribution in [3.63, 3.8) is 0 Å². The maximum absolute atomic E-state index is 6.26. The summed E-state index contributed by atoms with van der Waals surface area (Å²) in [5.74, 6) is 0.537. The van der Waals surface area contributed by atoms with Gasteiger partial charge in [-0.1, -0.05) is 120 Å². The fraction of sp³-hybridized carbons (Fsp3) is 0.0213. The molecule has 0 fully saturated rings. The highest BCUT2D eigenvalue weighted by molar-refractivity contribution is 6.31. The van der Waals surface area contributed by atoms with Crippen molar-refractivity contribution in [3.05, 3.63) is 192 Å². The summed E-state index contributed by atoms with van der Waals surface area (Å²) in [6.07, 6.45) is 11.0. The minimum Gasteiger partial charge on any atom is -0.307 e. The zero-order valence-electron chi connectivity index (χ0n) is 28.4. The second-order valence-electron chi connectivity index (χ2n) is 13.3. The Bertz CT molecular complexity index is 2890. The third-order valence-electron chi connectivity index (χ3n) is 10.1. The van der Waals surface area contributed by atoms with E-state index in [1.54, 1.807) is 0 Å². The molecule has 0 N–H and O–H groups in total. The number of benzene rings is 6. The predicted octanol–water partition coefficient (Wildman–Crippen LogP) is 13.1. The van der Waals surface area contributed by atoms with Gasteiger partial charge in [0.25, 0.3) is 0 Å². The van der Waals surface area contributed by atoms with Crippen LogP contribution in [0, 0.1) is 0 Å². The highest BCUT2D eigenvalue weighted by Crippen LogP contribution is 2.42. The van der Waals surface area contributed by atoms with Crippen molar-refractivity contribution in [1.82, 2.24) is 19.1 Å². The molecule has 9 aromatic rings. The Hall–Kier alpha value is -6.20. The fourth-order valence-electron chi connectivity index (χ4n) is 7.69. The fourth-order valence-corrected chi connectivity index (χ4v) is 7.94. The molecule has 3 heterocycles. The van der Waals surface area contributed by atoms with Gasteiger partial charge in [0.1, 0.15) is 0 Å². The van der Waals surface area contributed by atoms with E-state index in [0.717, 1.165) is 39.4 Å². The van der Waals surface area contributed by atoms with Crippen LogP contribution in [0.4, 0.5) is 0 Å². The molecule has 0 saturated carbocycles. The Morgan fingerprint density at radius 1 is 0.509 bits per heavy atom. The Labute approximate surface area is 316 Å². The number of para-hydroxylation sites is 3. The van der Waals surface area contributed by atoms with Crippen LogP contribution in [-0.4, -0.2) is 19.1 Å². The van der Waals surface area contributed by atoms with Crippen LogP contribution in [0.2, 0.25) is 10.0 Å². The Balaban J connectivity index is 1.16. The van der Waals surface area contributed by atoms with Crippen LogP contribution in [0.3, 0.4) is 0 Å². The molecule has 0 spiro atoms. The van der Waals surface area contributed by atoms with Crippen LogP contribution in [-0.2, 0) is 0 Å². The lowest BCUT2D eigenvalue weighted by atomic mass is 10.0. The largest absolute Gasteiger partial charge is 0.307 e. The number of rotatable bonds is 5. The number of fused-ring (bicyclic) bond motifs is 7. The molecule has 1 aliphatic rings. The molecule has 4 nitrogen and oxygen atoms in total. The Kier molecular flexibility index (Phi) is 7.60. The van der Waals surface area contributed by atoms with Crippen LogP contribution >= 0.6 is 23.2 Å². The highest BCUT2D eigenvalue weighted by Gasteiger charge is 2.22. The summed E-state index contributed by atoms with van der Waals surface area (Å²) in [5, 5.41) is 6.22. The maximum atomic E-state index is 6.26. The standard InChI is InChI=1S/C47H30Cl2N4/c48-33-22-17-31(18-23-33)42-29-41(50-47(51-42)32-19-24-34(49)25-20-32)30-9-8-12-36(26-21-30)53-44-16-7-5-14-38(44)40-28-27-39-37-13-4-6-15-43(37)52(45(39)46(40)53)35-10-2-1-3-11-35/h1-30H. The van der Waals surface area contributed by atoms with E-state index in [0.29, 0.717) is 15.9 Å². The molecule has 1 unspecified atom stereocenters. The Morgan fingerprint density at radius 3 is 1.77 bits per heavy atom. The summed E-state index contributed by atoms with van der Waals surface area (Å²) in [5.41, 5.74) is 10.5. The Morgan fingerprint density at radius 2 is 1.09 bits per heavy atom. The van der Waals surface area contributed by atoms with E-state index < -0.39 is 0 Å². The lowest BCUT2D eigenvalue weighted by Gasteiger charge is -2.14. The van der Waals surface area contributed by atoms with E-state index in [4.69, 9.17) is 33.2 Å². The molecular weight excluding hydrogens is 691 g/mol. The summed E-state index contributed by atoms with van der Waals surface area (Å²) in [6, 6.07) is 50.2. The molecule has 0 aliphatic heterocycles.